The zero-order valence-corrected chi connectivity index (χ0v) is 8.49. The van der Waals surface area contributed by atoms with Gasteiger partial charge in [0, 0.05) is 7.11 Å². The van der Waals surface area contributed by atoms with Crippen molar-refractivity contribution in [2.75, 3.05) is 13.7 Å². The van der Waals surface area contributed by atoms with Gasteiger partial charge in [-0.2, -0.15) is 4.98 Å². The Morgan fingerprint density at radius 1 is 1.64 bits per heavy atom. The third-order valence-corrected chi connectivity index (χ3v) is 2.56. The molecule has 2 unspecified atom stereocenters. The van der Waals surface area contributed by atoms with E-state index in [4.69, 9.17) is 9.26 Å². The molecule has 5 heteroatoms. The first-order valence-electron chi connectivity index (χ1n) is 4.86. The van der Waals surface area contributed by atoms with Gasteiger partial charge in [0.1, 0.15) is 6.61 Å². The highest BCUT2D eigenvalue weighted by molar-refractivity contribution is 4.97. The van der Waals surface area contributed by atoms with E-state index in [2.05, 4.69) is 22.4 Å². The number of rotatable bonds is 3. The summed E-state index contributed by atoms with van der Waals surface area (Å²) in [7, 11) is 1.62. The van der Waals surface area contributed by atoms with Crippen LogP contribution in [-0.4, -0.2) is 23.8 Å². The maximum Gasteiger partial charge on any atom is 0.244 e. The van der Waals surface area contributed by atoms with Crippen LogP contribution in [-0.2, 0) is 11.3 Å². The highest BCUT2D eigenvalue weighted by Crippen LogP contribution is 2.27. The van der Waals surface area contributed by atoms with Gasteiger partial charge in [-0.1, -0.05) is 12.1 Å². The molecule has 0 bridgehead atoms. The maximum atomic E-state index is 5.17. The summed E-state index contributed by atoms with van der Waals surface area (Å²) in [5, 5.41) is 7.17. The van der Waals surface area contributed by atoms with Crippen LogP contribution >= 0.6 is 0 Å². The molecule has 1 fully saturated rings. The largest absolute Gasteiger partial charge is 0.377 e. The number of methoxy groups -OCH3 is 1. The second kappa shape index (κ2) is 4.06. The number of aromatic nitrogens is 2. The minimum absolute atomic E-state index is 0.216. The molecule has 0 aromatic carbocycles. The van der Waals surface area contributed by atoms with Gasteiger partial charge in [-0.25, -0.2) is 0 Å². The summed E-state index contributed by atoms with van der Waals surface area (Å²) >= 11 is 0. The lowest BCUT2D eigenvalue weighted by molar-refractivity contribution is 0.174. The van der Waals surface area contributed by atoms with E-state index in [0.29, 0.717) is 24.2 Å². The fraction of sp³-hybridized carbons (Fsp3) is 0.778. The average Bonchev–Trinajstić information content (AvgIpc) is 2.74. The lowest BCUT2D eigenvalue weighted by Gasteiger charge is -2.08. The molecule has 2 heterocycles. The quantitative estimate of drug-likeness (QED) is 0.779. The minimum Gasteiger partial charge on any atom is -0.377 e. The highest BCUT2D eigenvalue weighted by Gasteiger charge is 2.29. The van der Waals surface area contributed by atoms with Gasteiger partial charge in [-0.3, -0.25) is 0 Å². The summed E-state index contributed by atoms with van der Waals surface area (Å²) < 4.78 is 10.1. The van der Waals surface area contributed by atoms with Crippen LogP contribution in [0.2, 0.25) is 0 Å². The van der Waals surface area contributed by atoms with Crippen molar-refractivity contribution in [1.82, 2.24) is 15.5 Å². The SMILES string of the molecule is COCc1noc(C2NCCC2C)n1. The van der Waals surface area contributed by atoms with Gasteiger partial charge in [0.2, 0.25) is 5.89 Å². The molecule has 1 N–H and O–H groups in total. The van der Waals surface area contributed by atoms with Crippen LogP contribution in [0.5, 0.6) is 0 Å². The van der Waals surface area contributed by atoms with Crippen molar-refractivity contribution in [3.63, 3.8) is 0 Å². The number of ether oxygens (including phenoxy) is 1. The van der Waals surface area contributed by atoms with Crippen LogP contribution in [0.25, 0.3) is 0 Å². The topological polar surface area (TPSA) is 60.2 Å². The second-order valence-electron chi connectivity index (χ2n) is 3.68. The summed E-state index contributed by atoms with van der Waals surface area (Å²) in [6.07, 6.45) is 1.16. The number of hydrogen-bond acceptors (Lipinski definition) is 5. The molecule has 5 nitrogen and oxygen atoms in total. The second-order valence-corrected chi connectivity index (χ2v) is 3.68. The molecule has 1 aromatic rings. The third kappa shape index (κ3) is 1.78. The van der Waals surface area contributed by atoms with Crippen LogP contribution in [0.15, 0.2) is 4.52 Å². The van der Waals surface area contributed by atoms with Gasteiger partial charge in [0.15, 0.2) is 5.82 Å². The molecule has 1 aliphatic heterocycles. The fourth-order valence-electron chi connectivity index (χ4n) is 1.75. The molecule has 0 aliphatic carbocycles. The van der Waals surface area contributed by atoms with Gasteiger partial charge < -0.3 is 14.6 Å². The molecule has 0 amide bonds. The minimum atomic E-state index is 0.216. The van der Waals surface area contributed by atoms with E-state index in [9.17, 15) is 0 Å². The van der Waals surface area contributed by atoms with Crippen molar-refractivity contribution in [2.24, 2.45) is 5.92 Å². The first kappa shape index (κ1) is 9.61. The molecule has 1 aliphatic rings. The van der Waals surface area contributed by atoms with E-state index in [1.165, 1.54) is 0 Å². The first-order chi connectivity index (χ1) is 6.81. The lowest BCUT2D eigenvalue weighted by Crippen LogP contribution is -2.16. The van der Waals surface area contributed by atoms with Crippen molar-refractivity contribution in [2.45, 2.75) is 26.0 Å². The standard InChI is InChI=1S/C9H15N3O2/c1-6-3-4-10-8(6)9-11-7(5-13-2)12-14-9/h6,8,10H,3-5H2,1-2H3. The summed E-state index contributed by atoms with van der Waals surface area (Å²) in [5.74, 6) is 1.86. The van der Waals surface area contributed by atoms with Crippen LogP contribution in [0.4, 0.5) is 0 Å². The molecule has 14 heavy (non-hydrogen) atoms. The number of hydrogen-bond donors (Lipinski definition) is 1. The lowest BCUT2D eigenvalue weighted by atomic mass is 10.0. The van der Waals surface area contributed by atoms with E-state index in [-0.39, 0.29) is 6.04 Å². The molecule has 2 rings (SSSR count). The summed E-state index contributed by atoms with van der Waals surface area (Å²) in [5.41, 5.74) is 0. The van der Waals surface area contributed by atoms with Gasteiger partial charge in [-0.05, 0) is 18.9 Å². The Hall–Kier alpha value is -0.940. The summed E-state index contributed by atoms with van der Waals surface area (Å²) in [6.45, 7) is 3.61. The number of nitrogens with zero attached hydrogens (tertiary/aromatic N) is 2. The van der Waals surface area contributed by atoms with Crippen molar-refractivity contribution in [3.05, 3.63) is 11.7 Å². The van der Waals surface area contributed by atoms with Crippen molar-refractivity contribution in [3.8, 4) is 0 Å². The van der Waals surface area contributed by atoms with Gasteiger partial charge in [0.25, 0.3) is 0 Å². The zero-order chi connectivity index (χ0) is 9.97. The molecular weight excluding hydrogens is 182 g/mol. The predicted molar refractivity (Wildman–Crippen MR) is 49.5 cm³/mol. The van der Waals surface area contributed by atoms with Crippen molar-refractivity contribution in [1.29, 1.82) is 0 Å². The van der Waals surface area contributed by atoms with Crippen LogP contribution in [0.1, 0.15) is 31.1 Å². The fourth-order valence-corrected chi connectivity index (χ4v) is 1.75. The van der Waals surface area contributed by atoms with Gasteiger partial charge in [0.05, 0.1) is 6.04 Å². The Bertz CT molecular complexity index is 300. The van der Waals surface area contributed by atoms with E-state index in [1.807, 2.05) is 0 Å². The van der Waals surface area contributed by atoms with Gasteiger partial charge >= 0.3 is 0 Å². The van der Waals surface area contributed by atoms with Crippen LogP contribution in [0.3, 0.4) is 0 Å². The molecular formula is C9H15N3O2. The Balaban J connectivity index is 2.08. The normalized spacial score (nSPS) is 27.0. The van der Waals surface area contributed by atoms with E-state index >= 15 is 0 Å². The highest BCUT2D eigenvalue weighted by atomic mass is 16.5. The summed E-state index contributed by atoms with van der Waals surface area (Å²) in [6, 6.07) is 0.216. The smallest absolute Gasteiger partial charge is 0.244 e. The van der Waals surface area contributed by atoms with E-state index in [1.54, 1.807) is 7.11 Å². The Morgan fingerprint density at radius 2 is 2.50 bits per heavy atom. The van der Waals surface area contributed by atoms with Crippen molar-refractivity contribution >= 4 is 0 Å². The van der Waals surface area contributed by atoms with Crippen LogP contribution < -0.4 is 5.32 Å². The number of nitrogens with one attached hydrogen (secondary N) is 1. The molecule has 1 saturated heterocycles. The molecule has 0 spiro atoms. The average molecular weight is 197 g/mol. The zero-order valence-electron chi connectivity index (χ0n) is 8.49. The van der Waals surface area contributed by atoms with Gasteiger partial charge in [-0.15, -0.1) is 0 Å². The molecule has 0 saturated carbocycles. The molecule has 1 aromatic heterocycles. The van der Waals surface area contributed by atoms with Crippen molar-refractivity contribution < 1.29 is 9.26 Å². The summed E-state index contributed by atoms with van der Waals surface area (Å²) in [4.78, 5) is 4.27. The predicted octanol–water partition coefficient (Wildman–Crippen LogP) is 0.886. The molecule has 0 radical (unpaired) electrons. The first-order valence-corrected chi connectivity index (χ1v) is 4.86. The maximum absolute atomic E-state index is 5.17. The molecule has 2 atom stereocenters. The van der Waals surface area contributed by atoms with Crippen LogP contribution in [0, 0.1) is 5.92 Å². The van der Waals surface area contributed by atoms with E-state index < -0.39 is 0 Å². The Labute approximate surface area is 82.8 Å². The third-order valence-electron chi connectivity index (χ3n) is 2.56. The van der Waals surface area contributed by atoms with E-state index in [0.717, 1.165) is 13.0 Å². The molecule has 78 valence electrons. The Kier molecular flexibility index (Phi) is 2.79. The monoisotopic (exact) mass is 197 g/mol. The Morgan fingerprint density at radius 3 is 3.14 bits per heavy atom.